The fraction of sp³-hybridized carbons (Fsp3) is 0.529. The van der Waals surface area contributed by atoms with Gasteiger partial charge in [0.15, 0.2) is 0 Å². The Kier molecular flexibility index (Phi) is 4.73. The van der Waals surface area contributed by atoms with Gasteiger partial charge in [-0.1, -0.05) is 19.1 Å². The van der Waals surface area contributed by atoms with Crippen LogP contribution in [0.5, 0.6) is 0 Å². The number of likely N-dealkylation sites (N-methyl/N-ethyl adjacent to an activating group) is 1. The SMILES string of the molecule is CCN(CCNC(=O)CCc1nc2ccccc2[nH]1)C1CC1. The van der Waals surface area contributed by atoms with Crippen molar-refractivity contribution in [2.75, 3.05) is 19.6 Å². The molecule has 5 heteroatoms. The summed E-state index contributed by atoms with van der Waals surface area (Å²) < 4.78 is 0. The molecule has 5 nitrogen and oxygen atoms in total. The van der Waals surface area contributed by atoms with Crippen LogP contribution in [-0.2, 0) is 11.2 Å². The highest BCUT2D eigenvalue weighted by molar-refractivity contribution is 5.77. The normalized spacial score (nSPS) is 14.6. The summed E-state index contributed by atoms with van der Waals surface area (Å²) in [5, 5.41) is 3.01. The molecule has 3 rings (SSSR count). The zero-order valence-electron chi connectivity index (χ0n) is 13.1. The van der Waals surface area contributed by atoms with Gasteiger partial charge >= 0.3 is 0 Å². The molecule has 0 unspecified atom stereocenters. The van der Waals surface area contributed by atoms with Crippen molar-refractivity contribution in [1.29, 1.82) is 0 Å². The molecule has 0 aliphatic heterocycles. The molecule has 1 heterocycles. The lowest BCUT2D eigenvalue weighted by Crippen LogP contribution is -2.36. The van der Waals surface area contributed by atoms with Crippen LogP contribution in [0.3, 0.4) is 0 Å². The molecule has 118 valence electrons. The minimum absolute atomic E-state index is 0.104. The first-order valence-electron chi connectivity index (χ1n) is 8.20. The van der Waals surface area contributed by atoms with E-state index in [1.54, 1.807) is 0 Å². The zero-order chi connectivity index (χ0) is 15.4. The van der Waals surface area contributed by atoms with Gasteiger partial charge in [-0.05, 0) is 31.5 Å². The van der Waals surface area contributed by atoms with E-state index in [1.807, 2.05) is 24.3 Å². The molecule has 0 atom stereocenters. The summed E-state index contributed by atoms with van der Waals surface area (Å²) in [7, 11) is 0. The van der Waals surface area contributed by atoms with Crippen LogP contribution in [-0.4, -0.2) is 46.5 Å². The quantitative estimate of drug-likeness (QED) is 0.785. The largest absolute Gasteiger partial charge is 0.355 e. The number of aryl methyl sites for hydroxylation is 1. The van der Waals surface area contributed by atoms with Crippen LogP contribution in [0.15, 0.2) is 24.3 Å². The summed E-state index contributed by atoms with van der Waals surface area (Å²) >= 11 is 0. The molecule has 0 radical (unpaired) electrons. The highest BCUT2D eigenvalue weighted by atomic mass is 16.1. The van der Waals surface area contributed by atoms with Crippen molar-refractivity contribution in [1.82, 2.24) is 20.2 Å². The molecule has 1 aliphatic rings. The number of carbonyl (C=O) groups is 1. The van der Waals surface area contributed by atoms with E-state index in [4.69, 9.17) is 0 Å². The van der Waals surface area contributed by atoms with Crippen molar-refractivity contribution in [3.63, 3.8) is 0 Å². The van der Waals surface area contributed by atoms with Gasteiger partial charge in [-0.2, -0.15) is 0 Å². The molecule has 1 amide bonds. The second-order valence-corrected chi connectivity index (χ2v) is 5.91. The van der Waals surface area contributed by atoms with Crippen molar-refractivity contribution < 1.29 is 4.79 Å². The number of hydrogen-bond acceptors (Lipinski definition) is 3. The van der Waals surface area contributed by atoms with E-state index in [0.717, 1.165) is 42.5 Å². The molecular weight excluding hydrogens is 276 g/mol. The molecule has 1 aliphatic carbocycles. The van der Waals surface area contributed by atoms with Crippen LogP contribution in [0.4, 0.5) is 0 Å². The van der Waals surface area contributed by atoms with Gasteiger partial charge in [0.1, 0.15) is 5.82 Å². The fourth-order valence-corrected chi connectivity index (χ4v) is 2.82. The number of hydrogen-bond donors (Lipinski definition) is 2. The Labute approximate surface area is 131 Å². The molecule has 1 fully saturated rings. The van der Waals surface area contributed by atoms with Crippen LogP contribution >= 0.6 is 0 Å². The average molecular weight is 300 g/mol. The van der Waals surface area contributed by atoms with Gasteiger partial charge < -0.3 is 10.3 Å². The number of benzene rings is 1. The number of nitrogens with one attached hydrogen (secondary N) is 2. The summed E-state index contributed by atoms with van der Waals surface area (Å²) in [6.45, 7) is 4.95. The number of aromatic amines is 1. The molecule has 0 spiro atoms. The average Bonchev–Trinajstić information content (AvgIpc) is 3.28. The smallest absolute Gasteiger partial charge is 0.220 e. The highest BCUT2D eigenvalue weighted by Crippen LogP contribution is 2.25. The van der Waals surface area contributed by atoms with Crippen molar-refractivity contribution in [2.24, 2.45) is 0 Å². The van der Waals surface area contributed by atoms with E-state index in [0.29, 0.717) is 12.8 Å². The van der Waals surface area contributed by atoms with Crippen molar-refractivity contribution in [3.8, 4) is 0 Å². The molecule has 0 bridgehead atoms. The zero-order valence-corrected chi connectivity index (χ0v) is 13.1. The Morgan fingerprint density at radius 1 is 1.41 bits per heavy atom. The molecule has 2 aromatic rings. The predicted octanol–water partition coefficient (Wildman–Crippen LogP) is 2.10. The second-order valence-electron chi connectivity index (χ2n) is 5.91. The van der Waals surface area contributed by atoms with Crippen molar-refractivity contribution >= 4 is 16.9 Å². The third-order valence-corrected chi connectivity index (χ3v) is 4.22. The number of carbonyl (C=O) groups excluding carboxylic acids is 1. The number of amides is 1. The number of aromatic nitrogens is 2. The standard InChI is InChI=1S/C17H24N4O/c1-2-21(13-7-8-13)12-11-18-17(22)10-9-16-19-14-5-3-4-6-15(14)20-16/h3-6,13H,2,7-12H2,1H3,(H,18,22)(H,19,20). The lowest BCUT2D eigenvalue weighted by molar-refractivity contribution is -0.121. The summed E-state index contributed by atoms with van der Waals surface area (Å²) in [4.78, 5) is 22.1. The first-order chi connectivity index (χ1) is 10.8. The Morgan fingerprint density at radius 2 is 2.23 bits per heavy atom. The molecule has 1 saturated carbocycles. The van der Waals surface area contributed by atoms with Gasteiger partial charge in [0.2, 0.25) is 5.91 Å². The second kappa shape index (κ2) is 6.92. The van der Waals surface area contributed by atoms with E-state index in [1.165, 1.54) is 12.8 Å². The minimum Gasteiger partial charge on any atom is -0.355 e. The van der Waals surface area contributed by atoms with Crippen LogP contribution in [0.2, 0.25) is 0 Å². The number of imidazole rings is 1. The fourth-order valence-electron chi connectivity index (χ4n) is 2.82. The first-order valence-corrected chi connectivity index (χ1v) is 8.20. The van der Waals surface area contributed by atoms with Crippen LogP contribution in [0.25, 0.3) is 11.0 Å². The van der Waals surface area contributed by atoms with E-state index >= 15 is 0 Å². The topological polar surface area (TPSA) is 61.0 Å². The Balaban J connectivity index is 1.40. The summed E-state index contributed by atoms with van der Waals surface area (Å²) in [6.07, 6.45) is 3.76. The summed E-state index contributed by atoms with van der Waals surface area (Å²) in [5.74, 6) is 0.983. The molecule has 2 N–H and O–H groups in total. The van der Waals surface area contributed by atoms with Crippen LogP contribution in [0.1, 0.15) is 32.0 Å². The van der Waals surface area contributed by atoms with E-state index in [-0.39, 0.29) is 5.91 Å². The molecule has 1 aromatic heterocycles. The molecule has 0 saturated heterocycles. The maximum atomic E-state index is 11.9. The third-order valence-electron chi connectivity index (χ3n) is 4.22. The van der Waals surface area contributed by atoms with E-state index in [2.05, 4.69) is 27.1 Å². The van der Waals surface area contributed by atoms with E-state index < -0.39 is 0 Å². The maximum Gasteiger partial charge on any atom is 0.220 e. The number of H-pyrrole nitrogens is 1. The van der Waals surface area contributed by atoms with Gasteiger partial charge in [0, 0.05) is 32.0 Å². The monoisotopic (exact) mass is 300 g/mol. The molecule has 22 heavy (non-hydrogen) atoms. The summed E-state index contributed by atoms with van der Waals surface area (Å²) in [5.41, 5.74) is 1.99. The number of nitrogens with zero attached hydrogens (tertiary/aromatic N) is 2. The Hall–Kier alpha value is -1.88. The highest BCUT2D eigenvalue weighted by Gasteiger charge is 2.27. The lowest BCUT2D eigenvalue weighted by Gasteiger charge is -2.19. The summed E-state index contributed by atoms with van der Waals surface area (Å²) in [6, 6.07) is 8.70. The van der Waals surface area contributed by atoms with Crippen LogP contribution in [0, 0.1) is 0 Å². The van der Waals surface area contributed by atoms with Crippen molar-refractivity contribution in [3.05, 3.63) is 30.1 Å². The molecular formula is C17H24N4O. The third kappa shape index (κ3) is 3.85. The number of rotatable bonds is 8. The number of para-hydroxylation sites is 2. The van der Waals surface area contributed by atoms with Crippen LogP contribution < -0.4 is 5.32 Å². The number of fused-ring (bicyclic) bond motifs is 1. The van der Waals surface area contributed by atoms with Gasteiger partial charge in [-0.25, -0.2) is 4.98 Å². The van der Waals surface area contributed by atoms with Gasteiger partial charge in [-0.3, -0.25) is 9.69 Å². The lowest BCUT2D eigenvalue weighted by atomic mass is 10.3. The van der Waals surface area contributed by atoms with Gasteiger partial charge in [-0.15, -0.1) is 0 Å². The molecule has 1 aromatic carbocycles. The minimum atomic E-state index is 0.104. The van der Waals surface area contributed by atoms with Crippen molar-refractivity contribution in [2.45, 2.75) is 38.6 Å². The predicted molar refractivity (Wildman–Crippen MR) is 87.7 cm³/mol. The Bertz CT molecular complexity index is 599. The first kappa shape index (κ1) is 15.0. The van der Waals surface area contributed by atoms with E-state index in [9.17, 15) is 4.79 Å². The van der Waals surface area contributed by atoms with Gasteiger partial charge in [0.25, 0.3) is 0 Å². The Morgan fingerprint density at radius 3 is 2.95 bits per heavy atom. The van der Waals surface area contributed by atoms with Gasteiger partial charge in [0.05, 0.1) is 11.0 Å². The maximum absolute atomic E-state index is 11.9.